The number of aromatic nitrogens is 2. The Balaban J connectivity index is 1.83. The van der Waals surface area contributed by atoms with Crippen LogP contribution in [0.2, 0.25) is 5.02 Å². The molecular weight excluding hydrogens is 426 g/mol. The number of carbonyl (C=O) groups excluding carboxylic acids is 1. The fourth-order valence-electron chi connectivity index (χ4n) is 2.87. The number of hydrogen-bond donors (Lipinski definition) is 1. The summed E-state index contributed by atoms with van der Waals surface area (Å²) in [4.78, 5) is 22.6. The lowest BCUT2D eigenvalue weighted by Gasteiger charge is -2.13. The fourth-order valence-corrected chi connectivity index (χ4v) is 3.12. The van der Waals surface area contributed by atoms with Crippen molar-refractivity contribution in [3.8, 4) is 28.5 Å². The quantitative estimate of drug-likeness (QED) is 0.235. The third kappa shape index (κ3) is 4.67. The molecule has 3 aromatic rings. The molecule has 0 aliphatic heterocycles. The molecule has 0 aliphatic carbocycles. The van der Waals surface area contributed by atoms with E-state index in [1.54, 1.807) is 24.3 Å². The molecule has 10 heteroatoms. The summed E-state index contributed by atoms with van der Waals surface area (Å²) in [6.45, 7) is 0. The number of nitro groups is 1. The molecule has 0 aliphatic rings. The maximum absolute atomic E-state index is 12.4. The van der Waals surface area contributed by atoms with Crippen LogP contribution in [0.25, 0.3) is 17.3 Å². The van der Waals surface area contributed by atoms with E-state index < -0.39 is 4.92 Å². The van der Waals surface area contributed by atoms with Gasteiger partial charge in [0, 0.05) is 17.2 Å². The van der Waals surface area contributed by atoms with Gasteiger partial charge in [0.2, 0.25) is 5.75 Å². The van der Waals surface area contributed by atoms with E-state index in [1.807, 2.05) is 0 Å². The lowest BCUT2D eigenvalue weighted by Crippen LogP contribution is -1.96. The minimum absolute atomic E-state index is 0.101. The summed E-state index contributed by atoms with van der Waals surface area (Å²) in [7, 11) is 4.57. The van der Waals surface area contributed by atoms with Gasteiger partial charge in [0.1, 0.15) is 5.02 Å². The van der Waals surface area contributed by atoms with Gasteiger partial charge in [-0.05, 0) is 42.5 Å². The Kier molecular flexibility index (Phi) is 6.56. The number of ketones is 1. The van der Waals surface area contributed by atoms with Crippen molar-refractivity contribution in [3.63, 3.8) is 0 Å². The second-order valence-electron chi connectivity index (χ2n) is 6.24. The molecule has 31 heavy (non-hydrogen) atoms. The summed E-state index contributed by atoms with van der Waals surface area (Å²) in [5.41, 5.74) is 1.87. The third-order valence-electron chi connectivity index (χ3n) is 4.40. The second kappa shape index (κ2) is 9.31. The number of ether oxygens (including phenoxy) is 3. The van der Waals surface area contributed by atoms with E-state index >= 15 is 0 Å². The molecule has 1 N–H and O–H groups in total. The zero-order valence-corrected chi connectivity index (χ0v) is 17.6. The minimum atomic E-state index is -0.609. The monoisotopic (exact) mass is 443 g/mol. The molecule has 160 valence electrons. The van der Waals surface area contributed by atoms with E-state index in [0.29, 0.717) is 28.6 Å². The van der Waals surface area contributed by atoms with Gasteiger partial charge in [0.05, 0.1) is 37.6 Å². The first-order valence-corrected chi connectivity index (χ1v) is 9.27. The normalized spacial score (nSPS) is 10.8. The molecule has 0 unspecified atom stereocenters. The highest BCUT2D eigenvalue weighted by Gasteiger charge is 2.16. The Bertz CT molecular complexity index is 1150. The first kappa shape index (κ1) is 21.8. The summed E-state index contributed by atoms with van der Waals surface area (Å²) in [5.74, 6) is 1.09. The lowest BCUT2D eigenvalue weighted by molar-refractivity contribution is -0.384. The van der Waals surface area contributed by atoms with Crippen LogP contribution in [0, 0.1) is 10.1 Å². The molecule has 1 heterocycles. The van der Waals surface area contributed by atoms with Crippen LogP contribution in [0.4, 0.5) is 5.69 Å². The number of carbonyl (C=O) groups is 1. The molecule has 0 saturated heterocycles. The fraction of sp³-hybridized carbons (Fsp3) is 0.143. The Morgan fingerprint density at radius 2 is 1.77 bits per heavy atom. The topological polar surface area (TPSA) is 117 Å². The molecule has 2 aromatic carbocycles. The maximum atomic E-state index is 12.4. The standard InChI is InChI=1S/C21H18ClN3O6/c1-29-19-9-13(10-20(30-2)21(19)31-3)16-11-14(23-24-16)5-7-18(26)12-4-6-17(25(27)28)15(22)8-12/h4-11H,1-3H3,(H,23,24)/b7-5+. The van der Waals surface area contributed by atoms with Gasteiger partial charge in [-0.2, -0.15) is 5.10 Å². The number of nitro benzene ring substituents is 1. The molecule has 0 spiro atoms. The van der Waals surface area contributed by atoms with Gasteiger partial charge < -0.3 is 14.2 Å². The molecule has 3 rings (SSSR count). The van der Waals surface area contributed by atoms with Gasteiger partial charge in [-0.3, -0.25) is 20.0 Å². The molecule has 0 fully saturated rings. The number of nitrogens with one attached hydrogen (secondary N) is 1. The highest BCUT2D eigenvalue weighted by atomic mass is 35.5. The molecule has 1 aromatic heterocycles. The van der Waals surface area contributed by atoms with E-state index in [1.165, 1.54) is 45.6 Å². The largest absolute Gasteiger partial charge is 0.493 e. The van der Waals surface area contributed by atoms with Crippen LogP contribution in [0.5, 0.6) is 17.2 Å². The van der Waals surface area contributed by atoms with E-state index in [4.69, 9.17) is 25.8 Å². The van der Waals surface area contributed by atoms with Crippen molar-refractivity contribution in [3.05, 3.63) is 68.9 Å². The summed E-state index contributed by atoms with van der Waals surface area (Å²) >= 11 is 5.86. The first-order chi connectivity index (χ1) is 14.9. The number of hydrogen-bond acceptors (Lipinski definition) is 7. The van der Waals surface area contributed by atoms with Crippen molar-refractivity contribution in [2.75, 3.05) is 21.3 Å². The van der Waals surface area contributed by atoms with Crippen molar-refractivity contribution < 1.29 is 23.9 Å². The van der Waals surface area contributed by atoms with Crippen LogP contribution in [0.1, 0.15) is 16.1 Å². The first-order valence-electron chi connectivity index (χ1n) is 8.90. The Morgan fingerprint density at radius 3 is 2.32 bits per heavy atom. The van der Waals surface area contributed by atoms with Crippen molar-refractivity contribution in [1.29, 1.82) is 0 Å². The Morgan fingerprint density at radius 1 is 1.10 bits per heavy atom. The molecule has 0 radical (unpaired) electrons. The van der Waals surface area contributed by atoms with Crippen LogP contribution < -0.4 is 14.2 Å². The van der Waals surface area contributed by atoms with E-state index in [0.717, 1.165) is 5.56 Å². The molecule has 0 saturated carbocycles. The molecular formula is C21H18ClN3O6. The summed E-state index contributed by atoms with van der Waals surface area (Å²) in [6, 6.07) is 9.07. The SMILES string of the molecule is COc1cc(-c2cc(/C=C/C(=O)c3ccc([N+](=O)[O-])c(Cl)c3)[nH]n2)cc(OC)c1OC. The van der Waals surface area contributed by atoms with Gasteiger partial charge in [0.25, 0.3) is 5.69 Å². The van der Waals surface area contributed by atoms with E-state index in [2.05, 4.69) is 10.2 Å². The smallest absolute Gasteiger partial charge is 0.287 e. The van der Waals surface area contributed by atoms with Gasteiger partial charge in [0.15, 0.2) is 17.3 Å². The highest BCUT2D eigenvalue weighted by Crippen LogP contribution is 2.40. The number of aromatic amines is 1. The van der Waals surface area contributed by atoms with Gasteiger partial charge in [-0.15, -0.1) is 0 Å². The number of benzene rings is 2. The molecule has 9 nitrogen and oxygen atoms in total. The molecule has 0 atom stereocenters. The van der Waals surface area contributed by atoms with Crippen LogP contribution in [-0.4, -0.2) is 42.2 Å². The summed E-state index contributed by atoms with van der Waals surface area (Å²) in [6.07, 6.45) is 2.87. The van der Waals surface area contributed by atoms with E-state index in [-0.39, 0.29) is 22.1 Å². The molecule has 0 amide bonds. The highest BCUT2D eigenvalue weighted by molar-refractivity contribution is 6.33. The van der Waals surface area contributed by atoms with Crippen molar-refractivity contribution >= 4 is 29.1 Å². The number of methoxy groups -OCH3 is 3. The average Bonchev–Trinajstić information content (AvgIpc) is 3.25. The Labute approximate surface area is 182 Å². The number of nitrogens with zero attached hydrogens (tertiary/aromatic N) is 2. The average molecular weight is 444 g/mol. The predicted octanol–water partition coefficient (Wildman–Crippen LogP) is 4.56. The van der Waals surface area contributed by atoms with Crippen LogP contribution in [0.15, 0.2) is 42.5 Å². The second-order valence-corrected chi connectivity index (χ2v) is 6.65. The van der Waals surface area contributed by atoms with Crippen LogP contribution >= 0.6 is 11.6 Å². The Hall–Kier alpha value is -3.85. The van der Waals surface area contributed by atoms with Crippen molar-refractivity contribution in [2.45, 2.75) is 0 Å². The predicted molar refractivity (Wildman–Crippen MR) is 115 cm³/mol. The van der Waals surface area contributed by atoms with Crippen molar-refractivity contribution in [1.82, 2.24) is 10.2 Å². The minimum Gasteiger partial charge on any atom is -0.493 e. The summed E-state index contributed by atoms with van der Waals surface area (Å²) in [5, 5.41) is 17.8. The maximum Gasteiger partial charge on any atom is 0.287 e. The third-order valence-corrected chi connectivity index (χ3v) is 4.70. The molecule has 0 bridgehead atoms. The number of rotatable bonds is 8. The van der Waals surface area contributed by atoms with Gasteiger partial charge in [-0.1, -0.05) is 11.6 Å². The lowest BCUT2D eigenvalue weighted by atomic mass is 10.1. The van der Waals surface area contributed by atoms with E-state index in [9.17, 15) is 14.9 Å². The number of halogens is 1. The summed E-state index contributed by atoms with van der Waals surface area (Å²) < 4.78 is 16.0. The van der Waals surface area contributed by atoms with Gasteiger partial charge in [-0.25, -0.2) is 0 Å². The van der Waals surface area contributed by atoms with Crippen LogP contribution in [0.3, 0.4) is 0 Å². The van der Waals surface area contributed by atoms with Crippen molar-refractivity contribution in [2.24, 2.45) is 0 Å². The van der Waals surface area contributed by atoms with Gasteiger partial charge >= 0.3 is 0 Å². The number of H-pyrrole nitrogens is 1. The number of allylic oxidation sites excluding steroid dienone is 1. The van der Waals surface area contributed by atoms with Crippen LogP contribution in [-0.2, 0) is 0 Å². The zero-order valence-electron chi connectivity index (χ0n) is 16.8. The zero-order chi connectivity index (χ0) is 22.5.